The van der Waals surface area contributed by atoms with Crippen molar-refractivity contribution in [3.8, 4) is 11.1 Å². The molecule has 3 aromatic rings. The summed E-state index contributed by atoms with van der Waals surface area (Å²) in [6.45, 7) is 3.86. The van der Waals surface area contributed by atoms with Crippen LogP contribution in [0.1, 0.15) is 18.5 Å². The molecule has 1 N–H and O–H groups in total. The second-order valence-corrected chi connectivity index (χ2v) is 9.65. The molecule has 0 saturated carbocycles. The van der Waals surface area contributed by atoms with Crippen molar-refractivity contribution >= 4 is 21.1 Å². The molecule has 4 rings (SSSR count). The fourth-order valence-electron chi connectivity index (χ4n) is 3.94. The van der Waals surface area contributed by atoms with Crippen molar-refractivity contribution in [3.63, 3.8) is 0 Å². The molecule has 0 unspecified atom stereocenters. The molecule has 1 saturated heterocycles. The molecule has 0 radical (unpaired) electrons. The number of H-pyrrole nitrogens is 1. The smallest absolute Gasteiger partial charge is 0.243 e. The summed E-state index contributed by atoms with van der Waals surface area (Å²) >= 11 is 0. The van der Waals surface area contributed by atoms with E-state index in [1.165, 1.54) is 0 Å². The number of aromatic amines is 1. The predicted octanol–water partition coefficient (Wildman–Crippen LogP) is 3.25. The van der Waals surface area contributed by atoms with E-state index >= 15 is 0 Å². The first-order chi connectivity index (χ1) is 13.4. The number of rotatable bonds is 4. The first-order valence-electron chi connectivity index (χ1n) is 9.57. The minimum Gasteiger partial charge on any atom is -0.344 e. The van der Waals surface area contributed by atoms with Crippen molar-refractivity contribution in [2.75, 3.05) is 27.2 Å². The first-order valence-corrected chi connectivity index (χ1v) is 11.0. The lowest BCUT2D eigenvalue weighted by molar-refractivity contribution is 0.197. The molecule has 0 spiro atoms. The molecule has 1 aromatic carbocycles. The van der Waals surface area contributed by atoms with Gasteiger partial charge in [-0.15, -0.1) is 0 Å². The standard InChI is InChI=1S/C21H26N4O2S/c1-15-14-20-19(8-11-22-21(20)23-15)16-4-6-18(7-5-16)28(26,27)25(3)17-9-12-24(2)13-10-17/h4-8,11,14,17H,9-10,12-13H2,1-3H3,(H,22,23). The molecule has 148 valence electrons. The van der Waals surface area contributed by atoms with Crippen LogP contribution in [0.4, 0.5) is 0 Å². The van der Waals surface area contributed by atoms with Gasteiger partial charge in [0, 0.05) is 30.4 Å². The minimum atomic E-state index is -3.50. The second-order valence-electron chi connectivity index (χ2n) is 7.65. The maximum absolute atomic E-state index is 13.1. The number of aromatic nitrogens is 2. The van der Waals surface area contributed by atoms with E-state index in [9.17, 15) is 8.42 Å². The number of hydrogen-bond acceptors (Lipinski definition) is 4. The van der Waals surface area contributed by atoms with Gasteiger partial charge in [-0.25, -0.2) is 13.4 Å². The highest BCUT2D eigenvalue weighted by Gasteiger charge is 2.30. The maximum atomic E-state index is 13.1. The van der Waals surface area contributed by atoms with Gasteiger partial charge >= 0.3 is 0 Å². The Balaban J connectivity index is 1.62. The van der Waals surface area contributed by atoms with Crippen LogP contribution in [0.3, 0.4) is 0 Å². The molecule has 0 aliphatic carbocycles. The number of piperidine rings is 1. The van der Waals surface area contributed by atoms with Crippen LogP contribution < -0.4 is 0 Å². The van der Waals surface area contributed by atoms with E-state index in [4.69, 9.17) is 0 Å². The van der Waals surface area contributed by atoms with Crippen molar-refractivity contribution in [3.05, 3.63) is 48.3 Å². The number of nitrogens with zero attached hydrogens (tertiary/aromatic N) is 3. The van der Waals surface area contributed by atoms with E-state index in [-0.39, 0.29) is 6.04 Å². The zero-order valence-corrected chi connectivity index (χ0v) is 17.3. The lowest BCUT2D eigenvalue weighted by Gasteiger charge is -2.34. The second kappa shape index (κ2) is 7.31. The molecule has 0 bridgehead atoms. The lowest BCUT2D eigenvalue weighted by Crippen LogP contribution is -2.44. The highest BCUT2D eigenvalue weighted by Crippen LogP contribution is 2.30. The molecule has 1 aliphatic heterocycles. The highest BCUT2D eigenvalue weighted by molar-refractivity contribution is 7.89. The number of benzene rings is 1. The van der Waals surface area contributed by atoms with Crippen LogP contribution in [-0.4, -0.2) is 60.8 Å². The Bertz CT molecular complexity index is 1080. The normalized spacial score (nSPS) is 16.9. The van der Waals surface area contributed by atoms with E-state index < -0.39 is 10.0 Å². The highest BCUT2D eigenvalue weighted by atomic mass is 32.2. The Morgan fingerprint density at radius 2 is 1.82 bits per heavy atom. The number of aryl methyl sites for hydroxylation is 1. The Morgan fingerprint density at radius 1 is 1.14 bits per heavy atom. The predicted molar refractivity (Wildman–Crippen MR) is 112 cm³/mol. The van der Waals surface area contributed by atoms with E-state index in [1.807, 2.05) is 25.1 Å². The molecular weight excluding hydrogens is 372 g/mol. The van der Waals surface area contributed by atoms with Gasteiger partial charge in [0.1, 0.15) is 5.65 Å². The summed E-state index contributed by atoms with van der Waals surface area (Å²) in [7, 11) is 0.280. The summed E-state index contributed by atoms with van der Waals surface area (Å²) in [5.41, 5.74) is 3.91. The fourth-order valence-corrected chi connectivity index (χ4v) is 5.35. The molecule has 3 heterocycles. The summed E-state index contributed by atoms with van der Waals surface area (Å²) in [6, 6.07) is 11.3. The van der Waals surface area contributed by atoms with Crippen molar-refractivity contribution in [2.45, 2.75) is 30.7 Å². The van der Waals surface area contributed by atoms with Crippen LogP contribution in [0.2, 0.25) is 0 Å². The number of hydrogen-bond donors (Lipinski definition) is 1. The van der Waals surface area contributed by atoms with Gasteiger partial charge in [-0.1, -0.05) is 12.1 Å². The van der Waals surface area contributed by atoms with Gasteiger partial charge in [-0.3, -0.25) is 0 Å². The quantitative estimate of drug-likeness (QED) is 0.732. The van der Waals surface area contributed by atoms with Gasteiger partial charge in [0.2, 0.25) is 10.0 Å². The number of likely N-dealkylation sites (tertiary alicyclic amines) is 1. The van der Waals surface area contributed by atoms with E-state index in [0.29, 0.717) is 4.90 Å². The number of sulfonamides is 1. The summed E-state index contributed by atoms with van der Waals surface area (Å²) in [5.74, 6) is 0. The van der Waals surface area contributed by atoms with Gasteiger partial charge in [0.05, 0.1) is 4.90 Å². The Hall–Kier alpha value is -2.22. The Kier molecular flexibility index (Phi) is 4.99. The van der Waals surface area contributed by atoms with Crippen LogP contribution in [0, 0.1) is 6.92 Å². The summed E-state index contributed by atoms with van der Waals surface area (Å²) in [4.78, 5) is 10.2. The van der Waals surface area contributed by atoms with Crippen molar-refractivity contribution in [1.29, 1.82) is 0 Å². The number of pyridine rings is 1. The van der Waals surface area contributed by atoms with Crippen LogP contribution in [0.25, 0.3) is 22.2 Å². The fraction of sp³-hybridized carbons (Fsp3) is 0.381. The third-order valence-corrected chi connectivity index (χ3v) is 7.64. The molecule has 0 amide bonds. The molecule has 7 heteroatoms. The van der Waals surface area contributed by atoms with Gasteiger partial charge in [0.15, 0.2) is 0 Å². The lowest BCUT2D eigenvalue weighted by atomic mass is 10.0. The zero-order valence-electron chi connectivity index (χ0n) is 16.5. The SMILES string of the molecule is Cc1cc2c(-c3ccc(S(=O)(=O)N(C)C4CCN(C)CC4)cc3)ccnc2[nH]1. The van der Waals surface area contributed by atoms with E-state index in [1.54, 1.807) is 29.7 Å². The zero-order chi connectivity index (χ0) is 19.9. The number of fused-ring (bicyclic) bond motifs is 1. The first kappa shape index (κ1) is 19.1. The summed E-state index contributed by atoms with van der Waals surface area (Å²) in [6.07, 6.45) is 3.50. The van der Waals surface area contributed by atoms with Crippen molar-refractivity contribution in [1.82, 2.24) is 19.2 Å². The average molecular weight is 399 g/mol. The van der Waals surface area contributed by atoms with Crippen molar-refractivity contribution < 1.29 is 8.42 Å². The molecule has 1 aliphatic rings. The summed E-state index contributed by atoms with van der Waals surface area (Å²) < 4.78 is 27.7. The topological polar surface area (TPSA) is 69.3 Å². The minimum absolute atomic E-state index is 0.0588. The van der Waals surface area contributed by atoms with Crippen LogP contribution in [0.15, 0.2) is 47.5 Å². The van der Waals surface area contributed by atoms with Crippen LogP contribution in [-0.2, 0) is 10.0 Å². The Labute approximate surface area is 166 Å². The van der Waals surface area contributed by atoms with Gasteiger partial charge in [-0.05, 0) is 75.3 Å². The summed E-state index contributed by atoms with van der Waals surface area (Å²) in [5, 5.41) is 1.04. The monoisotopic (exact) mass is 398 g/mol. The average Bonchev–Trinajstić information content (AvgIpc) is 3.08. The van der Waals surface area contributed by atoms with Gasteiger partial charge < -0.3 is 9.88 Å². The van der Waals surface area contributed by atoms with Crippen molar-refractivity contribution in [2.24, 2.45) is 0 Å². The van der Waals surface area contributed by atoms with Crippen LogP contribution >= 0.6 is 0 Å². The third-order valence-electron chi connectivity index (χ3n) is 5.71. The third kappa shape index (κ3) is 3.45. The Morgan fingerprint density at radius 3 is 2.50 bits per heavy atom. The van der Waals surface area contributed by atoms with Gasteiger partial charge in [0.25, 0.3) is 0 Å². The van der Waals surface area contributed by atoms with Gasteiger partial charge in [-0.2, -0.15) is 4.31 Å². The van der Waals surface area contributed by atoms with E-state index in [0.717, 1.165) is 53.8 Å². The number of nitrogens with one attached hydrogen (secondary N) is 1. The maximum Gasteiger partial charge on any atom is 0.243 e. The molecule has 0 atom stereocenters. The van der Waals surface area contributed by atoms with E-state index in [2.05, 4.69) is 28.0 Å². The van der Waals surface area contributed by atoms with Crippen LogP contribution in [0.5, 0.6) is 0 Å². The molecule has 2 aromatic heterocycles. The molecule has 6 nitrogen and oxygen atoms in total. The molecular formula is C21H26N4O2S. The molecule has 28 heavy (non-hydrogen) atoms. The largest absolute Gasteiger partial charge is 0.344 e. The molecule has 1 fully saturated rings.